The highest BCUT2D eigenvalue weighted by molar-refractivity contribution is 6.06. The van der Waals surface area contributed by atoms with E-state index >= 15 is 0 Å². The number of carbonyl (C=O) groups excluding carboxylic acids is 3. The Balaban J connectivity index is 1.96. The van der Waals surface area contributed by atoms with Crippen molar-refractivity contribution < 1.29 is 14.4 Å². The molecule has 1 heterocycles. The monoisotopic (exact) mass is 329 g/mol. The van der Waals surface area contributed by atoms with Gasteiger partial charge in [-0.3, -0.25) is 9.59 Å². The average molecular weight is 329 g/mol. The topological polar surface area (TPSA) is 60.9 Å². The fourth-order valence-corrected chi connectivity index (χ4v) is 3.21. The summed E-state index contributed by atoms with van der Waals surface area (Å²) in [6.45, 7) is 4.96. The van der Waals surface area contributed by atoms with Crippen LogP contribution in [0.15, 0.2) is 30.3 Å². The summed E-state index contributed by atoms with van der Waals surface area (Å²) in [6, 6.07) is 8.03. The first kappa shape index (κ1) is 16.5. The van der Waals surface area contributed by atoms with Gasteiger partial charge in [0.05, 0.1) is 0 Å². The molecular formula is C18H23N3O3. The van der Waals surface area contributed by atoms with E-state index in [2.05, 4.69) is 0 Å². The number of urea groups is 1. The summed E-state index contributed by atoms with van der Waals surface area (Å²) in [6.07, 6.45) is 1.87. The predicted molar refractivity (Wildman–Crippen MR) is 89.1 cm³/mol. The van der Waals surface area contributed by atoms with Gasteiger partial charge in [0.25, 0.3) is 11.8 Å². The van der Waals surface area contributed by atoms with Crippen LogP contribution < -0.4 is 0 Å². The highest BCUT2D eigenvalue weighted by Gasteiger charge is 2.48. The van der Waals surface area contributed by atoms with Gasteiger partial charge in [-0.2, -0.15) is 0 Å². The lowest BCUT2D eigenvalue weighted by Gasteiger charge is -2.30. The number of benzene rings is 1. The van der Waals surface area contributed by atoms with Crippen LogP contribution in [0.2, 0.25) is 0 Å². The number of nitrogens with zero attached hydrogens (tertiary/aromatic N) is 3. The molecule has 2 aliphatic rings. The molecule has 0 radical (unpaired) electrons. The molecule has 3 rings (SSSR count). The van der Waals surface area contributed by atoms with Crippen LogP contribution in [0.5, 0.6) is 0 Å². The van der Waals surface area contributed by atoms with Crippen molar-refractivity contribution in [1.82, 2.24) is 14.7 Å². The number of carbonyl (C=O) groups is 3. The Hall–Kier alpha value is -2.37. The van der Waals surface area contributed by atoms with E-state index in [0.29, 0.717) is 18.7 Å². The first-order valence-corrected chi connectivity index (χ1v) is 8.54. The van der Waals surface area contributed by atoms with E-state index in [4.69, 9.17) is 0 Å². The quantitative estimate of drug-likeness (QED) is 0.750. The summed E-state index contributed by atoms with van der Waals surface area (Å²) in [7, 11) is 0. The van der Waals surface area contributed by atoms with Crippen LogP contribution in [0.4, 0.5) is 4.79 Å². The lowest BCUT2D eigenvalue weighted by molar-refractivity contribution is -0.141. The van der Waals surface area contributed by atoms with E-state index in [1.807, 2.05) is 32.0 Å². The van der Waals surface area contributed by atoms with Gasteiger partial charge in [-0.15, -0.1) is 0 Å². The lowest BCUT2D eigenvalue weighted by atomic mass is 10.0. The second-order valence-corrected chi connectivity index (χ2v) is 6.23. The van der Waals surface area contributed by atoms with Crippen LogP contribution in [0, 0.1) is 0 Å². The first-order valence-electron chi connectivity index (χ1n) is 8.54. The van der Waals surface area contributed by atoms with Crippen molar-refractivity contribution >= 4 is 17.8 Å². The van der Waals surface area contributed by atoms with Crippen molar-refractivity contribution in [3.8, 4) is 0 Å². The number of imide groups is 1. The Morgan fingerprint density at radius 3 is 2.33 bits per heavy atom. The number of amides is 4. The van der Waals surface area contributed by atoms with Crippen LogP contribution in [0.1, 0.15) is 38.3 Å². The molecule has 0 N–H and O–H groups in total. The first-order chi connectivity index (χ1) is 11.6. The van der Waals surface area contributed by atoms with Gasteiger partial charge in [0.15, 0.2) is 0 Å². The summed E-state index contributed by atoms with van der Waals surface area (Å²) in [4.78, 5) is 42.8. The summed E-state index contributed by atoms with van der Waals surface area (Å²) >= 11 is 0. The fourth-order valence-electron chi connectivity index (χ4n) is 3.21. The molecule has 2 fully saturated rings. The number of hydrogen-bond donors (Lipinski definition) is 0. The fraction of sp³-hybridized carbons (Fsp3) is 0.500. The van der Waals surface area contributed by atoms with E-state index in [9.17, 15) is 14.4 Å². The SMILES string of the molecule is CCN(CC)C(=O)[C@@H](c1ccccc1)N1C(=O)CN(C2CC2)C1=O. The molecule has 0 unspecified atom stereocenters. The maximum Gasteiger partial charge on any atom is 0.328 e. The summed E-state index contributed by atoms with van der Waals surface area (Å²) < 4.78 is 0. The number of rotatable bonds is 6. The van der Waals surface area contributed by atoms with Crippen LogP contribution >= 0.6 is 0 Å². The van der Waals surface area contributed by atoms with E-state index in [1.54, 1.807) is 21.9 Å². The summed E-state index contributed by atoms with van der Waals surface area (Å²) in [5.74, 6) is -0.494. The molecule has 1 saturated carbocycles. The molecule has 24 heavy (non-hydrogen) atoms. The normalized spacial score (nSPS) is 18.9. The Kier molecular flexibility index (Phi) is 4.55. The van der Waals surface area contributed by atoms with Crippen molar-refractivity contribution in [2.24, 2.45) is 0 Å². The van der Waals surface area contributed by atoms with Crippen LogP contribution in [-0.2, 0) is 9.59 Å². The Morgan fingerprint density at radius 2 is 1.79 bits per heavy atom. The lowest BCUT2D eigenvalue weighted by Crippen LogP contribution is -2.46. The van der Waals surface area contributed by atoms with E-state index < -0.39 is 6.04 Å². The van der Waals surface area contributed by atoms with Gasteiger partial charge in [-0.1, -0.05) is 30.3 Å². The van der Waals surface area contributed by atoms with Crippen molar-refractivity contribution in [3.63, 3.8) is 0 Å². The van der Waals surface area contributed by atoms with Gasteiger partial charge in [-0.05, 0) is 32.3 Å². The second kappa shape index (κ2) is 6.63. The minimum absolute atomic E-state index is 0.0817. The molecule has 1 aromatic carbocycles. The minimum Gasteiger partial charge on any atom is -0.341 e. The third-order valence-corrected chi connectivity index (χ3v) is 4.70. The molecule has 1 saturated heterocycles. The van der Waals surface area contributed by atoms with Gasteiger partial charge in [-0.25, -0.2) is 9.69 Å². The number of likely N-dealkylation sites (N-methyl/N-ethyl adjacent to an activating group) is 1. The average Bonchev–Trinajstić information content (AvgIpc) is 3.39. The van der Waals surface area contributed by atoms with Crippen LogP contribution in [-0.4, -0.2) is 58.2 Å². The maximum absolute atomic E-state index is 13.0. The Bertz CT molecular complexity index is 638. The highest BCUT2D eigenvalue weighted by atomic mass is 16.2. The second-order valence-electron chi connectivity index (χ2n) is 6.23. The molecule has 1 aliphatic carbocycles. The summed E-state index contributed by atoms with van der Waals surface area (Å²) in [5.41, 5.74) is 0.675. The molecule has 6 heteroatoms. The molecule has 1 aliphatic heterocycles. The molecule has 0 spiro atoms. The largest absolute Gasteiger partial charge is 0.341 e. The van der Waals surface area contributed by atoms with Crippen molar-refractivity contribution in [1.29, 1.82) is 0 Å². The Labute approximate surface area is 142 Å². The third kappa shape index (κ3) is 2.88. The van der Waals surface area contributed by atoms with Gasteiger partial charge in [0.2, 0.25) is 0 Å². The molecule has 128 valence electrons. The minimum atomic E-state index is -0.880. The zero-order valence-electron chi connectivity index (χ0n) is 14.1. The van der Waals surface area contributed by atoms with Gasteiger partial charge in [0, 0.05) is 19.1 Å². The third-order valence-electron chi connectivity index (χ3n) is 4.70. The molecule has 1 atom stereocenters. The van der Waals surface area contributed by atoms with Gasteiger partial charge >= 0.3 is 6.03 Å². The number of hydrogen-bond acceptors (Lipinski definition) is 3. The zero-order chi connectivity index (χ0) is 17.3. The van der Waals surface area contributed by atoms with Crippen molar-refractivity contribution in [3.05, 3.63) is 35.9 Å². The van der Waals surface area contributed by atoms with Crippen LogP contribution in [0.25, 0.3) is 0 Å². The van der Waals surface area contributed by atoms with Crippen molar-refractivity contribution in [2.75, 3.05) is 19.6 Å². The van der Waals surface area contributed by atoms with E-state index in [-0.39, 0.29) is 30.4 Å². The molecule has 1 aromatic rings. The smallest absolute Gasteiger partial charge is 0.328 e. The molecule has 4 amide bonds. The van der Waals surface area contributed by atoms with E-state index in [0.717, 1.165) is 17.7 Å². The van der Waals surface area contributed by atoms with Crippen molar-refractivity contribution in [2.45, 2.75) is 38.8 Å². The zero-order valence-corrected chi connectivity index (χ0v) is 14.1. The molecule has 6 nitrogen and oxygen atoms in total. The predicted octanol–water partition coefficient (Wildman–Crippen LogP) is 2.02. The maximum atomic E-state index is 13.0. The molecule has 0 aromatic heterocycles. The standard InChI is InChI=1S/C18H23N3O3/c1-3-19(4-2)17(23)16(13-8-6-5-7-9-13)21-15(22)12-20(18(21)24)14-10-11-14/h5-9,14,16H,3-4,10-12H2,1-2H3/t16-/m1/s1. The van der Waals surface area contributed by atoms with E-state index in [1.165, 1.54) is 0 Å². The van der Waals surface area contributed by atoms with Gasteiger partial charge < -0.3 is 9.80 Å². The van der Waals surface area contributed by atoms with Crippen LogP contribution in [0.3, 0.4) is 0 Å². The molecule has 0 bridgehead atoms. The Morgan fingerprint density at radius 1 is 1.17 bits per heavy atom. The van der Waals surface area contributed by atoms with Gasteiger partial charge in [0.1, 0.15) is 12.6 Å². The summed E-state index contributed by atoms with van der Waals surface area (Å²) in [5, 5.41) is 0. The molecular weight excluding hydrogens is 306 g/mol. The highest BCUT2D eigenvalue weighted by Crippen LogP contribution is 2.34.